The van der Waals surface area contributed by atoms with Gasteiger partial charge in [0.05, 0.1) is 13.2 Å². The maximum atomic E-state index is 9.38. The zero-order chi connectivity index (χ0) is 10.8. The zero-order valence-corrected chi connectivity index (χ0v) is 8.98. The Morgan fingerprint density at radius 3 is 2.87 bits per heavy atom. The Labute approximate surface area is 91.9 Å². The number of aliphatic hydroxyl groups excluding tert-OH is 1. The fraction of sp³-hybridized carbons (Fsp3) is 0.625. The number of anilines is 1. The van der Waals surface area contributed by atoms with Crippen molar-refractivity contribution in [3.05, 3.63) is 5.28 Å². The first-order valence-electron chi connectivity index (χ1n) is 4.57. The van der Waals surface area contributed by atoms with E-state index in [0.717, 1.165) is 0 Å². The maximum absolute atomic E-state index is 9.38. The summed E-state index contributed by atoms with van der Waals surface area (Å²) < 4.78 is 4.89. The molecule has 1 aromatic rings. The van der Waals surface area contributed by atoms with E-state index in [0.29, 0.717) is 25.5 Å². The van der Waals surface area contributed by atoms with Crippen LogP contribution in [-0.4, -0.2) is 46.4 Å². The fourth-order valence-electron chi connectivity index (χ4n) is 1.48. The van der Waals surface area contributed by atoms with Gasteiger partial charge >= 0.3 is 6.01 Å². The molecule has 82 valence electrons. The van der Waals surface area contributed by atoms with Crippen LogP contribution in [0, 0.1) is 0 Å². The summed E-state index contributed by atoms with van der Waals surface area (Å²) in [6, 6.07) is 0.186. The van der Waals surface area contributed by atoms with Crippen LogP contribution >= 0.6 is 11.6 Å². The molecule has 0 radical (unpaired) electrons. The van der Waals surface area contributed by atoms with Crippen LogP contribution in [0.15, 0.2) is 0 Å². The first-order chi connectivity index (χ1) is 7.19. The van der Waals surface area contributed by atoms with Crippen LogP contribution in [0.5, 0.6) is 6.01 Å². The van der Waals surface area contributed by atoms with Gasteiger partial charge in [0, 0.05) is 13.1 Å². The highest BCUT2D eigenvalue weighted by Gasteiger charge is 2.23. The second kappa shape index (κ2) is 4.16. The number of halogens is 1. The first-order valence-corrected chi connectivity index (χ1v) is 4.95. The van der Waals surface area contributed by atoms with Crippen LogP contribution in [0.25, 0.3) is 0 Å². The minimum atomic E-state index is -0.327. The minimum absolute atomic E-state index is 0.0956. The molecule has 0 spiro atoms. The van der Waals surface area contributed by atoms with E-state index in [4.69, 9.17) is 16.3 Å². The Morgan fingerprint density at radius 1 is 1.47 bits per heavy atom. The second-order valence-corrected chi connectivity index (χ2v) is 3.62. The van der Waals surface area contributed by atoms with Gasteiger partial charge in [-0.05, 0) is 18.0 Å². The quantitative estimate of drug-likeness (QED) is 0.777. The molecule has 1 aliphatic heterocycles. The van der Waals surface area contributed by atoms with Crippen molar-refractivity contribution in [1.29, 1.82) is 0 Å². The summed E-state index contributed by atoms with van der Waals surface area (Å²) in [6.45, 7) is 1.23. The van der Waals surface area contributed by atoms with Gasteiger partial charge in [0.2, 0.25) is 11.2 Å². The van der Waals surface area contributed by atoms with Gasteiger partial charge in [0.25, 0.3) is 0 Å². The van der Waals surface area contributed by atoms with Crippen LogP contribution < -0.4 is 9.64 Å². The van der Waals surface area contributed by atoms with E-state index in [1.807, 2.05) is 4.90 Å². The van der Waals surface area contributed by atoms with E-state index in [1.165, 1.54) is 7.11 Å². The molecule has 2 rings (SSSR count). The molecule has 1 saturated heterocycles. The number of hydrogen-bond donors (Lipinski definition) is 1. The third-order valence-electron chi connectivity index (χ3n) is 2.20. The van der Waals surface area contributed by atoms with Crippen LogP contribution in [-0.2, 0) is 0 Å². The molecule has 15 heavy (non-hydrogen) atoms. The maximum Gasteiger partial charge on any atom is 0.322 e. The number of methoxy groups -OCH3 is 1. The zero-order valence-electron chi connectivity index (χ0n) is 8.22. The lowest BCUT2D eigenvalue weighted by Crippen LogP contribution is -2.23. The third kappa shape index (κ3) is 2.27. The lowest BCUT2D eigenvalue weighted by Gasteiger charge is -2.15. The molecule has 0 aliphatic carbocycles. The lowest BCUT2D eigenvalue weighted by atomic mass is 10.3. The molecule has 0 amide bonds. The largest absolute Gasteiger partial charge is 0.467 e. The van der Waals surface area contributed by atoms with E-state index >= 15 is 0 Å². The minimum Gasteiger partial charge on any atom is -0.467 e. The van der Waals surface area contributed by atoms with E-state index in [1.54, 1.807) is 0 Å². The SMILES string of the molecule is COc1nc(Cl)nc(N2CC[C@H](O)C2)n1. The Morgan fingerprint density at radius 2 is 2.27 bits per heavy atom. The normalized spacial score (nSPS) is 20.7. The van der Waals surface area contributed by atoms with Crippen LogP contribution in [0.4, 0.5) is 5.95 Å². The van der Waals surface area contributed by atoms with Gasteiger partial charge in [0.1, 0.15) is 0 Å². The molecule has 1 aliphatic rings. The van der Waals surface area contributed by atoms with Crippen LogP contribution in [0.3, 0.4) is 0 Å². The predicted octanol–water partition coefficient (Wildman–Crippen LogP) is 0.105. The molecule has 1 fully saturated rings. The number of ether oxygens (including phenoxy) is 1. The Bertz CT molecular complexity index is 362. The van der Waals surface area contributed by atoms with E-state index in [9.17, 15) is 5.11 Å². The topological polar surface area (TPSA) is 71.4 Å². The number of rotatable bonds is 2. The molecule has 0 saturated carbocycles. The molecule has 0 unspecified atom stereocenters. The molecule has 7 heteroatoms. The molecule has 0 aromatic carbocycles. The molecular formula is C8H11ClN4O2. The number of aliphatic hydroxyl groups is 1. The van der Waals surface area contributed by atoms with Gasteiger partial charge < -0.3 is 14.7 Å². The summed E-state index contributed by atoms with van der Waals surface area (Å²) in [7, 11) is 1.47. The third-order valence-corrected chi connectivity index (χ3v) is 2.37. The number of nitrogens with zero attached hydrogens (tertiary/aromatic N) is 4. The van der Waals surface area contributed by atoms with Crippen molar-refractivity contribution >= 4 is 17.5 Å². The monoisotopic (exact) mass is 230 g/mol. The molecule has 1 atom stereocenters. The average Bonchev–Trinajstić information content (AvgIpc) is 2.64. The second-order valence-electron chi connectivity index (χ2n) is 3.28. The highest BCUT2D eigenvalue weighted by atomic mass is 35.5. The number of hydrogen-bond acceptors (Lipinski definition) is 6. The summed E-state index contributed by atoms with van der Waals surface area (Å²) in [5.41, 5.74) is 0. The highest BCUT2D eigenvalue weighted by molar-refractivity contribution is 6.28. The first kappa shape index (κ1) is 10.4. The predicted molar refractivity (Wildman–Crippen MR) is 54.2 cm³/mol. The standard InChI is InChI=1S/C8H11ClN4O2/c1-15-8-11-6(9)10-7(12-8)13-3-2-5(14)4-13/h5,14H,2-4H2,1H3/t5-/m0/s1. The van der Waals surface area contributed by atoms with E-state index in [2.05, 4.69) is 15.0 Å². The molecule has 1 N–H and O–H groups in total. The lowest BCUT2D eigenvalue weighted by molar-refractivity contribution is 0.198. The van der Waals surface area contributed by atoms with Crippen molar-refractivity contribution in [3.63, 3.8) is 0 Å². The summed E-state index contributed by atoms with van der Waals surface area (Å²) >= 11 is 5.71. The van der Waals surface area contributed by atoms with Gasteiger partial charge in [-0.3, -0.25) is 0 Å². The van der Waals surface area contributed by atoms with Crippen molar-refractivity contribution < 1.29 is 9.84 Å². The van der Waals surface area contributed by atoms with Crippen LogP contribution in [0.1, 0.15) is 6.42 Å². The summed E-state index contributed by atoms with van der Waals surface area (Å²) in [4.78, 5) is 13.7. The summed E-state index contributed by atoms with van der Waals surface area (Å²) in [5, 5.41) is 9.48. The van der Waals surface area contributed by atoms with Gasteiger partial charge in [-0.25, -0.2) is 0 Å². The van der Waals surface area contributed by atoms with Crippen molar-refractivity contribution in [2.24, 2.45) is 0 Å². The molecule has 1 aromatic heterocycles. The number of aromatic nitrogens is 3. The van der Waals surface area contributed by atoms with Crippen molar-refractivity contribution in [2.45, 2.75) is 12.5 Å². The summed E-state index contributed by atoms with van der Waals surface area (Å²) in [6.07, 6.45) is 0.387. The Kier molecular flexibility index (Phi) is 2.88. The van der Waals surface area contributed by atoms with Gasteiger partial charge in [-0.2, -0.15) is 15.0 Å². The number of β-amino-alcohol motifs (C(OH)–C–C–N with tert-alkyl or cyclic N) is 1. The summed E-state index contributed by atoms with van der Waals surface area (Å²) in [5.74, 6) is 0.448. The van der Waals surface area contributed by atoms with Crippen molar-refractivity contribution in [2.75, 3.05) is 25.1 Å². The van der Waals surface area contributed by atoms with Gasteiger partial charge in [-0.15, -0.1) is 0 Å². The van der Waals surface area contributed by atoms with Crippen LogP contribution in [0.2, 0.25) is 5.28 Å². The molecule has 0 bridgehead atoms. The molecular weight excluding hydrogens is 220 g/mol. The molecule has 2 heterocycles. The molecule has 6 nitrogen and oxygen atoms in total. The van der Waals surface area contributed by atoms with Crippen molar-refractivity contribution in [1.82, 2.24) is 15.0 Å². The fourth-order valence-corrected chi connectivity index (χ4v) is 1.63. The smallest absolute Gasteiger partial charge is 0.322 e. The van der Waals surface area contributed by atoms with E-state index in [-0.39, 0.29) is 17.4 Å². The van der Waals surface area contributed by atoms with Gasteiger partial charge in [0.15, 0.2) is 0 Å². The van der Waals surface area contributed by atoms with Gasteiger partial charge in [-0.1, -0.05) is 0 Å². The Hall–Kier alpha value is -1.14. The highest BCUT2D eigenvalue weighted by Crippen LogP contribution is 2.19. The average molecular weight is 231 g/mol. The van der Waals surface area contributed by atoms with E-state index < -0.39 is 0 Å². The van der Waals surface area contributed by atoms with Crippen molar-refractivity contribution in [3.8, 4) is 6.01 Å². The Balaban J connectivity index is 2.24.